The van der Waals surface area contributed by atoms with Crippen molar-refractivity contribution in [2.24, 2.45) is 0 Å². The molecule has 1 N–H and O–H groups in total. The van der Waals surface area contributed by atoms with Crippen LogP contribution in [0.15, 0.2) is 46.1 Å². The fraction of sp³-hybridized carbons (Fsp3) is 0.333. The van der Waals surface area contributed by atoms with E-state index in [1.165, 1.54) is 6.33 Å². The lowest BCUT2D eigenvalue weighted by Crippen LogP contribution is -2.38. The minimum absolute atomic E-state index is 0.00125. The highest BCUT2D eigenvalue weighted by Crippen LogP contribution is 2.28. The Morgan fingerprint density at radius 3 is 2.56 bits per heavy atom. The summed E-state index contributed by atoms with van der Waals surface area (Å²) in [4.78, 5) is 38.3. The van der Waals surface area contributed by atoms with Gasteiger partial charge in [0.2, 0.25) is 11.8 Å². The number of hydrogen-bond donors (Lipinski definition) is 1. The van der Waals surface area contributed by atoms with Crippen LogP contribution in [0.5, 0.6) is 17.5 Å². The number of aromatic nitrogens is 4. The lowest BCUT2D eigenvalue weighted by molar-refractivity contribution is -0.115. The van der Waals surface area contributed by atoms with E-state index >= 15 is 0 Å². The number of thioether (sulfide) groups is 1. The first kappa shape index (κ1) is 23.8. The Morgan fingerprint density at radius 2 is 1.89 bits per heavy atom. The second-order valence-electron chi connectivity index (χ2n) is 8.61. The van der Waals surface area contributed by atoms with Crippen LogP contribution in [-0.4, -0.2) is 50.4 Å². The largest absolute Gasteiger partial charge is 0.474 e. The molecule has 2 amide bonds. The van der Waals surface area contributed by atoms with Crippen molar-refractivity contribution < 1.29 is 23.6 Å². The van der Waals surface area contributed by atoms with Gasteiger partial charge < -0.3 is 18.9 Å². The number of amides is 2. The molecule has 0 unspecified atom stereocenters. The summed E-state index contributed by atoms with van der Waals surface area (Å²) >= 11 is 0.878. The first-order chi connectivity index (χ1) is 17.4. The van der Waals surface area contributed by atoms with Crippen molar-refractivity contribution in [3.05, 3.63) is 53.0 Å². The number of rotatable bonds is 7. The van der Waals surface area contributed by atoms with Gasteiger partial charge in [0.05, 0.1) is 11.0 Å². The van der Waals surface area contributed by atoms with Gasteiger partial charge in [-0.15, -0.1) is 0 Å². The van der Waals surface area contributed by atoms with E-state index in [9.17, 15) is 9.59 Å². The maximum Gasteiger partial charge on any atom is 0.324 e. The van der Waals surface area contributed by atoms with Crippen LogP contribution in [0.2, 0.25) is 0 Å². The number of benzene rings is 1. The van der Waals surface area contributed by atoms with E-state index in [4.69, 9.17) is 14.0 Å². The Kier molecular flexibility index (Phi) is 6.85. The number of hydrogen-bond acceptors (Lipinski definition) is 11. The van der Waals surface area contributed by atoms with E-state index in [1.54, 1.807) is 36.4 Å². The third-order valence-corrected chi connectivity index (χ3v) is 6.42. The van der Waals surface area contributed by atoms with Crippen molar-refractivity contribution in [2.45, 2.75) is 38.7 Å². The lowest BCUT2D eigenvalue weighted by atomic mass is 10.1. The smallest absolute Gasteiger partial charge is 0.324 e. The SMILES string of the molecule is CC(C)c1noc(N2CCC(Oc3cc(Oc4ccc(C=C5SC(=O)NC5=O)cc4)ncn3)CC2)n1. The number of nitrogens with one attached hydrogen (secondary N) is 1. The molecule has 0 bridgehead atoms. The first-order valence-corrected chi connectivity index (χ1v) is 12.3. The molecule has 2 fully saturated rings. The maximum atomic E-state index is 11.7. The summed E-state index contributed by atoms with van der Waals surface area (Å²) in [7, 11) is 0. The molecule has 2 aliphatic heterocycles. The molecule has 2 aromatic heterocycles. The number of carbonyl (C=O) groups excluding carboxylic acids is 2. The monoisotopic (exact) mass is 508 g/mol. The maximum absolute atomic E-state index is 11.7. The molecule has 3 aromatic rings. The standard InChI is InChI=1S/C24H24N6O5S/c1-14(2)21-27-23(35-29-21)30-9-7-17(8-10-30)34-20-12-19(25-13-26-20)33-16-5-3-15(4-6-16)11-18-22(31)28-24(32)36-18/h3-6,11-14,17H,7-10H2,1-2H3,(H,28,31,32). The van der Waals surface area contributed by atoms with Gasteiger partial charge in [0.15, 0.2) is 5.82 Å². The van der Waals surface area contributed by atoms with Gasteiger partial charge in [0.25, 0.3) is 11.1 Å². The first-order valence-electron chi connectivity index (χ1n) is 11.5. The van der Waals surface area contributed by atoms with E-state index in [1.807, 2.05) is 13.8 Å². The van der Waals surface area contributed by atoms with E-state index in [0.717, 1.165) is 43.3 Å². The molecular formula is C24H24N6O5S. The second-order valence-corrected chi connectivity index (χ2v) is 9.63. The van der Waals surface area contributed by atoms with Gasteiger partial charge in [-0.3, -0.25) is 14.9 Å². The predicted octanol–water partition coefficient (Wildman–Crippen LogP) is 4.15. The summed E-state index contributed by atoms with van der Waals surface area (Å²) in [5, 5.41) is 5.90. The van der Waals surface area contributed by atoms with Crippen LogP contribution in [0.25, 0.3) is 6.08 Å². The number of ether oxygens (including phenoxy) is 2. The molecule has 0 atom stereocenters. The number of anilines is 1. The highest BCUT2D eigenvalue weighted by atomic mass is 32.2. The number of carbonyl (C=O) groups is 2. The zero-order chi connectivity index (χ0) is 25.1. The average Bonchev–Trinajstić information content (AvgIpc) is 3.48. The fourth-order valence-corrected chi connectivity index (χ4v) is 4.38. The molecule has 0 spiro atoms. The van der Waals surface area contributed by atoms with E-state index in [2.05, 4.69) is 30.3 Å². The Balaban J connectivity index is 1.15. The van der Waals surface area contributed by atoms with Crippen molar-refractivity contribution in [2.75, 3.05) is 18.0 Å². The molecule has 1 aromatic carbocycles. The average molecular weight is 509 g/mol. The van der Waals surface area contributed by atoms with Crippen LogP contribution >= 0.6 is 11.8 Å². The normalized spacial score (nSPS) is 17.6. The van der Waals surface area contributed by atoms with Gasteiger partial charge in [0.1, 0.15) is 18.2 Å². The number of nitrogens with zero attached hydrogens (tertiary/aromatic N) is 5. The minimum Gasteiger partial charge on any atom is -0.474 e. The minimum atomic E-state index is -0.389. The number of imide groups is 1. The Bertz CT molecular complexity index is 1280. The summed E-state index contributed by atoms with van der Waals surface area (Å²) in [6, 6.07) is 9.30. The van der Waals surface area contributed by atoms with Gasteiger partial charge in [-0.05, 0) is 35.5 Å². The molecule has 4 heterocycles. The summed E-state index contributed by atoms with van der Waals surface area (Å²) in [6.45, 7) is 5.55. The van der Waals surface area contributed by atoms with Gasteiger partial charge >= 0.3 is 6.01 Å². The van der Waals surface area contributed by atoms with Gasteiger partial charge in [-0.1, -0.05) is 31.1 Å². The zero-order valence-electron chi connectivity index (χ0n) is 19.7. The molecule has 2 saturated heterocycles. The molecule has 0 radical (unpaired) electrons. The van der Waals surface area contributed by atoms with Crippen LogP contribution in [0.4, 0.5) is 10.8 Å². The van der Waals surface area contributed by atoms with Crippen LogP contribution in [0, 0.1) is 0 Å². The van der Waals surface area contributed by atoms with E-state index in [0.29, 0.717) is 34.3 Å². The Morgan fingerprint density at radius 1 is 1.14 bits per heavy atom. The van der Waals surface area contributed by atoms with Crippen LogP contribution in [0.1, 0.15) is 44.0 Å². The highest BCUT2D eigenvalue weighted by molar-refractivity contribution is 8.18. The van der Waals surface area contributed by atoms with Crippen LogP contribution < -0.4 is 19.7 Å². The van der Waals surface area contributed by atoms with Crippen molar-refractivity contribution in [3.63, 3.8) is 0 Å². The van der Waals surface area contributed by atoms with Crippen LogP contribution in [0.3, 0.4) is 0 Å². The molecular weight excluding hydrogens is 484 g/mol. The topological polar surface area (TPSA) is 133 Å². The molecule has 0 aliphatic carbocycles. The molecule has 36 heavy (non-hydrogen) atoms. The van der Waals surface area contributed by atoms with Crippen LogP contribution in [-0.2, 0) is 4.79 Å². The third-order valence-electron chi connectivity index (χ3n) is 5.61. The molecule has 0 saturated carbocycles. The van der Waals surface area contributed by atoms with Crippen molar-refractivity contribution in [1.82, 2.24) is 25.4 Å². The van der Waals surface area contributed by atoms with Crippen molar-refractivity contribution in [3.8, 4) is 17.5 Å². The summed E-state index contributed by atoms with van der Waals surface area (Å²) in [6.07, 6.45) is 4.63. The quantitative estimate of drug-likeness (QED) is 0.462. The summed E-state index contributed by atoms with van der Waals surface area (Å²) in [5.41, 5.74) is 0.772. The molecule has 2 aliphatic rings. The van der Waals surface area contributed by atoms with Crippen molar-refractivity contribution in [1.29, 1.82) is 0 Å². The van der Waals surface area contributed by atoms with Gasteiger partial charge in [0, 0.05) is 31.8 Å². The molecule has 5 rings (SSSR count). The Labute approximate surface area is 211 Å². The van der Waals surface area contributed by atoms with Crippen molar-refractivity contribution >= 4 is 35.0 Å². The third kappa shape index (κ3) is 5.65. The fourth-order valence-electron chi connectivity index (χ4n) is 3.69. The van der Waals surface area contributed by atoms with Gasteiger partial charge in [-0.2, -0.15) is 4.98 Å². The lowest BCUT2D eigenvalue weighted by Gasteiger charge is -2.30. The van der Waals surface area contributed by atoms with E-state index < -0.39 is 0 Å². The summed E-state index contributed by atoms with van der Waals surface area (Å²) < 4.78 is 17.3. The molecule has 186 valence electrons. The van der Waals surface area contributed by atoms with E-state index in [-0.39, 0.29) is 23.2 Å². The predicted molar refractivity (Wildman–Crippen MR) is 132 cm³/mol. The Hall–Kier alpha value is -3.93. The highest BCUT2D eigenvalue weighted by Gasteiger charge is 2.26. The van der Waals surface area contributed by atoms with Gasteiger partial charge in [-0.25, -0.2) is 9.97 Å². The summed E-state index contributed by atoms with van der Waals surface area (Å²) in [5.74, 6) is 1.90. The zero-order valence-corrected chi connectivity index (χ0v) is 20.5. The molecule has 11 nitrogen and oxygen atoms in total. The molecule has 12 heteroatoms. The second kappa shape index (κ2) is 10.4. The number of piperidine rings is 1.